The van der Waals surface area contributed by atoms with E-state index in [0.29, 0.717) is 22.8 Å². The maximum Gasteiger partial charge on any atom is 0.272 e. The van der Waals surface area contributed by atoms with Crippen molar-refractivity contribution >= 4 is 68.8 Å². The maximum atomic E-state index is 13.6. The molecule has 0 fully saturated rings. The second-order valence-electron chi connectivity index (χ2n) is 11.3. The zero-order chi connectivity index (χ0) is 34.3. The Morgan fingerprint density at radius 3 is 2.16 bits per heavy atom. The first-order valence-electron chi connectivity index (χ1n) is 15.8. The largest absolute Gasteiger partial charge is 0.436 e. The summed E-state index contributed by atoms with van der Waals surface area (Å²) in [5, 5.41) is 10.6. The minimum atomic E-state index is -0.468. The summed E-state index contributed by atoms with van der Waals surface area (Å²) in [5.41, 5.74) is 4.87. The van der Waals surface area contributed by atoms with Gasteiger partial charge in [0.1, 0.15) is 11.2 Å². The molecule has 50 heavy (non-hydrogen) atoms. The summed E-state index contributed by atoms with van der Waals surface area (Å²) in [6.07, 6.45) is 1.69. The number of carbonyl (C=O) groups is 3. The van der Waals surface area contributed by atoms with Gasteiger partial charge in [0.25, 0.3) is 11.8 Å². The van der Waals surface area contributed by atoms with Gasteiger partial charge in [0, 0.05) is 27.4 Å². The highest BCUT2D eigenvalue weighted by Gasteiger charge is 2.16. The molecule has 3 N–H and O–H groups in total. The number of fused-ring (bicyclic) bond motifs is 2. The summed E-state index contributed by atoms with van der Waals surface area (Å²) in [7, 11) is 0. The molecule has 0 bridgehead atoms. The van der Waals surface area contributed by atoms with Gasteiger partial charge in [-0.05, 0) is 95.2 Å². The molecule has 1 aromatic heterocycles. The summed E-state index contributed by atoms with van der Waals surface area (Å²) in [6, 6.07) is 44.5. The van der Waals surface area contributed by atoms with Gasteiger partial charge in [-0.1, -0.05) is 72.8 Å². The van der Waals surface area contributed by atoms with Crippen molar-refractivity contribution < 1.29 is 18.8 Å². The SMILES string of the molecule is O=C(CSc1ccc(NC(=O)/C(=C/c2cccc3ccccc23)NC(=O)c2ccccc2)cc1)Nc1ccc(-c2nc3ccccc3o2)cc1. The Labute approximate surface area is 292 Å². The quantitative estimate of drug-likeness (QED) is 0.0988. The fraction of sp³-hybridized carbons (Fsp3) is 0.0244. The second-order valence-corrected chi connectivity index (χ2v) is 12.4. The number of nitrogens with one attached hydrogen (secondary N) is 3. The van der Waals surface area contributed by atoms with Gasteiger partial charge in [0.05, 0.1) is 5.75 Å². The predicted molar refractivity (Wildman–Crippen MR) is 200 cm³/mol. The predicted octanol–water partition coefficient (Wildman–Crippen LogP) is 8.79. The lowest BCUT2D eigenvalue weighted by atomic mass is 10.0. The molecule has 0 unspecified atom stereocenters. The lowest BCUT2D eigenvalue weighted by molar-refractivity contribution is -0.114. The van der Waals surface area contributed by atoms with Crippen molar-refractivity contribution in [1.29, 1.82) is 0 Å². The standard InChI is InChI=1S/C41H30N4O4S/c46-38(42-31-19-17-29(18-20-31)41-45-35-15-6-7-16-37(35)49-41)26-50-33-23-21-32(22-24-33)43-40(48)36(44-39(47)28-10-2-1-3-11-28)25-30-13-8-12-27-9-4-5-14-34(27)30/h1-25H,26H2,(H,42,46)(H,43,48)(H,44,47)/b36-25-. The summed E-state index contributed by atoms with van der Waals surface area (Å²) >= 11 is 1.37. The molecule has 6 aromatic carbocycles. The highest BCUT2D eigenvalue weighted by Crippen LogP contribution is 2.26. The van der Waals surface area contributed by atoms with Crippen molar-refractivity contribution in [3.05, 3.63) is 162 Å². The van der Waals surface area contributed by atoms with Crippen LogP contribution in [-0.2, 0) is 9.59 Å². The van der Waals surface area contributed by atoms with Crippen LogP contribution < -0.4 is 16.0 Å². The van der Waals surface area contributed by atoms with E-state index in [1.165, 1.54) is 11.8 Å². The van der Waals surface area contributed by atoms with Crippen LogP contribution in [-0.4, -0.2) is 28.5 Å². The first-order chi connectivity index (χ1) is 24.5. The van der Waals surface area contributed by atoms with Gasteiger partial charge in [-0.25, -0.2) is 4.98 Å². The molecule has 7 rings (SSSR count). The molecule has 0 aliphatic rings. The van der Waals surface area contributed by atoms with Crippen LogP contribution in [0.3, 0.4) is 0 Å². The molecular formula is C41H30N4O4S. The van der Waals surface area contributed by atoms with Crippen molar-refractivity contribution in [3.8, 4) is 11.5 Å². The molecule has 0 saturated carbocycles. The van der Waals surface area contributed by atoms with Crippen LogP contribution in [0, 0.1) is 0 Å². The Kier molecular flexibility index (Phi) is 9.48. The van der Waals surface area contributed by atoms with Gasteiger partial charge in [0.15, 0.2) is 5.58 Å². The number of anilines is 2. The lowest BCUT2D eigenvalue weighted by Crippen LogP contribution is -2.30. The Morgan fingerprint density at radius 2 is 1.36 bits per heavy atom. The molecule has 1 heterocycles. The summed E-state index contributed by atoms with van der Waals surface area (Å²) in [6.45, 7) is 0. The Morgan fingerprint density at radius 1 is 0.680 bits per heavy atom. The van der Waals surface area contributed by atoms with E-state index in [1.54, 1.807) is 42.5 Å². The summed E-state index contributed by atoms with van der Waals surface area (Å²) in [5.74, 6) is -0.296. The molecular weight excluding hydrogens is 645 g/mol. The first-order valence-corrected chi connectivity index (χ1v) is 16.8. The molecule has 7 aromatic rings. The van der Waals surface area contributed by atoms with Crippen LogP contribution in [0.5, 0.6) is 0 Å². The van der Waals surface area contributed by atoms with Gasteiger partial charge >= 0.3 is 0 Å². The summed E-state index contributed by atoms with van der Waals surface area (Å²) in [4.78, 5) is 44.7. The molecule has 0 aliphatic carbocycles. The Hall–Kier alpha value is -6.45. The van der Waals surface area contributed by atoms with Crippen molar-refractivity contribution in [2.75, 3.05) is 16.4 Å². The summed E-state index contributed by atoms with van der Waals surface area (Å²) < 4.78 is 5.83. The number of para-hydroxylation sites is 2. The van der Waals surface area contributed by atoms with Crippen molar-refractivity contribution in [2.24, 2.45) is 0 Å². The van der Waals surface area contributed by atoms with Crippen molar-refractivity contribution in [2.45, 2.75) is 4.90 Å². The Balaban J connectivity index is 0.980. The molecule has 8 nitrogen and oxygen atoms in total. The van der Waals surface area contributed by atoms with Gasteiger partial charge < -0.3 is 20.4 Å². The van der Waals surface area contributed by atoms with E-state index in [9.17, 15) is 14.4 Å². The van der Waals surface area contributed by atoms with E-state index in [1.807, 2.05) is 109 Å². The zero-order valence-corrected chi connectivity index (χ0v) is 27.4. The van der Waals surface area contributed by atoms with Crippen molar-refractivity contribution in [1.82, 2.24) is 10.3 Å². The van der Waals surface area contributed by atoms with E-state index in [0.717, 1.165) is 37.9 Å². The number of oxazole rings is 1. The normalized spacial score (nSPS) is 11.3. The molecule has 3 amide bonds. The smallest absolute Gasteiger partial charge is 0.272 e. The van der Waals surface area contributed by atoms with Crippen LogP contribution >= 0.6 is 11.8 Å². The minimum Gasteiger partial charge on any atom is -0.436 e. The van der Waals surface area contributed by atoms with E-state index >= 15 is 0 Å². The molecule has 0 aliphatic heterocycles. The molecule has 0 radical (unpaired) electrons. The maximum absolute atomic E-state index is 13.6. The number of amides is 3. The van der Waals surface area contributed by atoms with Crippen LogP contribution in [0.25, 0.3) is 39.4 Å². The second kappa shape index (κ2) is 14.8. The molecule has 9 heteroatoms. The number of thioether (sulfide) groups is 1. The van der Waals surface area contributed by atoms with Gasteiger partial charge in [0.2, 0.25) is 11.8 Å². The van der Waals surface area contributed by atoms with E-state index in [2.05, 4.69) is 20.9 Å². The monoisotopic (exact) mass is 674 g/mol. The topological polar surface area (TPSA) is 113 Å². The minimum absolute atomic E-state index is 0.104. The Bertz CT molecular complexity index is 2310. The number of carbonyl (C=O) groups excluding carboxylic acids is 3. The van der Waals surface area contributed by atoms with Gasteiger partial charge in [-0.2, -0.15) is 0 Å². The third-order valence-corrected chi connectivity index (χ3v) is 8.86. The van der Waals surface area contributed by atoms with Gasteiger partial charge in [-0.3, -0.25) is 14.4 Å². The van der Waals surface area contributed by atoms with Crippen molar-refractivity contribution in [3.63, 3.8) is 0 Å². The third kappa shape index (κ3) is 7.64. The number of hydrogen-bond donors (Lipinski definition) is 3. The number of nitrogens with zero attached hydrogens (tertiary/aromatic N) is 1. The van der Waals surface area contributed by atoms with E-state index in [-0.39, 0.29) is 17.4 Å². The third-order valence-electron chi connectivity index (χ3n) is 7.84. The lowest BCUT2D eigenvalue weighted by Gasteiger charge is -2.12. The highest BCUT2D eigenvalue weighted by atomic mass is 32.2. The van der Waals surface area contributed by atoms with Crippen LogP contribution in [0.2, 0.25) is 0 Å². The van der Waals surface area contributed by atoms with Gasteiger partial charge in [-0.15, -0.1) is 11.8 Å². The zero-order valence-electron chi connectivity index (χ0n) is 26.6. The fourth-order valence-electron chi connectivity index (χ4n) is 5.34. The van der Waals surface area contributed by atoms with Crippen LogP contribution in [0.15, 0.2) is 161 Å². The van der Waals surface area contributed by atoms with E-state index < -0.39 is 11.8 Å². The molecule has 0 spiro atoms. The van der Waals surface area contributed by atoms with Crippen LogP contribution in [0.1, 0.15) is 15.9 Å². The number of aromatic nitrogens is 1. The average molecular weight is 675 g/mol. The number of benzene rings is 6. The average Bonchev–Trinajstić information content (AvgIpc) is 3.60. The highest BCUT2D eigenvalue weighted by molar-refractivity contribution is 8.00. The van der Waals surface area contributed by atoms with E-state index in [4.69, 9.17) is 4.42 Å². The molecule has 244 valence electrons. The number of hydrogen-bond acceptors (Lipinski definition) is 6. The number of rotatable bonds is 10. The fourth-order valence-corrected chi connectivity index (χ4v) is 6.04. The molecule has 0 saturated heterocycles. The first kappa shape index (κ1) is 32.1. The van der Waals surface area contributed by atoms with Crippen LogP contribution in [0.4, 0.5) is 11.4 Å². The molecule has 0 atom stereocenters.